The lowest BCUT2D eigenvalue weighted by atomic mass is 9.86. The molecule has 0 radical (unpaired) electrons. The molecule has 2 aromatic rings. The van der Waals surface area contributed by atoms with Crippen LogP contribution < -0.4 is 0 Å². The fraction of sp³-hybridized carbons (Fsp3) is 0.455. The van der Waals surface area contributed by atoms with Crippen LogP contribution in [0.4, 0.5) is 0 Å². The van der Waals surface area contributed by atoms with E-state index in [1.807, 2.05) is 0 Å². The molecule has 0 atom stereocenters. The van der Waals surface area contributed by atoms with E-state index in [1.54, 1.807) is 0 Å². The van der Waals surface area contributed by atoms with Gasteiger partial charge in [-0.25, -0.2) is 0 Å². The van der Waals surface area contributed by atoms with Crippen molar-refractivity contribution < 1.29 is 10.2 Å². The van der Waals surface area contributed by atoms with Gasteiger partial charge in [0.15, 0.2) is 0 Å². The van der Waals surface area contributed by atoms with Crippen molar-refractivity contribution in [1.29, 1.82) is 0 Å². The van der Waals surface area contributed by atoms with Crippen LogP contribution in [0.3, 0.4) is 0 Å². The zero-order valence-electron chi connectivity index (χ0n) is 14.7. The Hall–Kier alpha value is -1.64. The highest BCUT2D eigenvalue weighted by Gasteiger charge is 2.13. The van der Waals surface area contributed by atoms with Crippen molar-refractivity contribution in [2.75, 3.05) is 13.2 Å². The topological polar surface area (TPSA) is 40.5 Å². The van der Waals surface area contributed by atoms with Crippen LogP contribution in [0.25, 0.3) is 0 Å². The second-order valence-corrected chi connectivity index (χ2v) is 6.48. The lowest BCUT2D eigenvalue weighted by molar-refractivity contribution is 0.288. The fourth-order valence-electron chi connectivity index (χ4n) is 3.21. The number of aliphatic hydroxyl groups is 2. The molecule has 0 saturated carbocycles. The van der Waals surface area contributed by atoms with Crippen LogP contribution in [0.15, 0.2) is 48.5 Å². The summed E-state index contributed by atoms with van der Waals surface area (Å²) in [5.41, 5.74) is 5.32. The Labute approximate surface area is 146 Å². The quantitative estimate of drug-likeness (QED) is 0.676. The highest BCUT2D eigenvalue weighted by molar-refractivity contribution is 5.35. The van der Waals surface area contributed by atoms with Gasteiger partial charge in [0.1, 0.15) is 0 Å². The Morgan fingerprint density at radius 2 is 1.12 bits per heavy atom. The molecule has 0 aliphatic rings. The van der Waals surface area contributed by atoms with Gasteiger partial charge in [-0.2, -0.15) is 0 Å². The molecule has 2 rings (SSSR count). The number of rotatable bonds is 10. The van der Waals surface area contributed by atoms with Crippen molar-refractivity contribution in [1.82, 2.24) is 0 Å². The number of benzene rings is 2. The van der Waals surface area contributed by atoms with Gasteiger partial charge < -0.3 is 10.2 Å². The Balaban J connectivity index is 2.13. The van der Waals surface area contributed by atoms with E-state index in [4.69, 9.17) is 10.2 Å². The van der Waals surface area contributed by atoms with Crippen LogP contribution >= 0.6 is 0 Å². The molecular weight excluding hydrogens is 296 g/mol. The van der Waals surface area contributed by atoms with Gasteiger partial charge in [-0.05, 0) is 54.4 Å². The van der Waals surface area contributed by atoms with Gasteiger partial charge in [0.25, 0.3) is 0 Å². The molecule has 0 fully saturated rings. The summed E-state index contributed by atoms with van der Waals surface area (Å²) >= 11 is 0. The molecule has 0 aromatic heterocycles. The Kier molecular flexibility index (Phi) is 8.00. The predicted octanol–water partition coefficient (Wildman–Crippen LogP) is 4.47. The molecule has 0 amide bonds. The smallest absolute Gasteiger partial charge is 0.0434 e. The Morgan fingerprint density at radius 1 is 0.708 bits per heavy atom. The standard InChI is InChI=1S/C22H30O2/c1-2-5-22(20-12-8-18(9-13-20)6-3-16-23)21-14-10-19(11-15-21)7-4-17-24/h8-15,22-24H,2-7,16-17H2,1H3. The van der Waals surface area contributed by atoms with E-state index in [9.17, 15) is 0 Å². The van der Waals surface area contributed by atoms with Crippen LogP contribution in [0.5, 0.6) is 0 Å². The average Bonchev–Trinajstić information content (AvgIpc) is 2.64. The minimum atomic E-state index is 0.253. The third kappa shape index (κ3) is 5.47. The first-order valence-corrected chi connectivity index (χ1v) is 9.18. The molecule has 0 heterocycles. The summed E-state index contributed by atoms with van der Waals surface area (Å²) in [7, 11) is 0. The molecular formula is C22H30O2. The Morgan fingerprint density at radius 3 is 1.46 bits per heavy atom. The van der Waals surface area contributed by atoms with Crippen molar-refractivity contribution in [3.05, 3.63) is 70.8 Å². The maximum absolute atomic E-state index is 8.95. The summed E-state index contributed by atoms with van der Waals surface area (Å²) in [4.78, 5) is 0. The van der Waals surface area contributed by atoms with Gasteiger partial charge in [-0.15, -0.1) is 0 Å². The lowest BCUT2D eigenvalue weighted by Gasteiger charge is -2.18. The van der Waals surface area contributed by atoms with Crippen LogP contribution in [0.1, 0.15) is 60.8 Å². The zero-order chi connectivity index (χ0) is 17.2. The van der Waals surface area contributed by atoms with E-state index < -0.39 is 0 Å². The predicted molar refractivity (Wildman–Crippen MR) is 100 cm³/mol. The molecule has 130 valence electrons. The molecule has 0 saturated heterocycles. The highest BCUT2D eigenvalue weighted by Crippen LogP contribution is 2.30. The second kappa shape index (κ2) is 10.3. The molecule has 2 aromatic carbocycles. The minimum Gasteiger partial charge on any atom is -0.396 e. The van der Waals surface area contributed by atoms with Crippen molar-refractivity contribution in [3.63, 3.8) is 0 Å². The third-order valence-electron chi connectivity index (χ3n) is 4.59. The first-order chi connectivity index (χ1) is 11.8. The van der Waals surface area contributed by atoms with Gasteiger partial charge in [0.2, 0.25) is 0 Å². The average molecular weight is 326 g/mol. The van der Waals surface area contributed by atoms with Gasteiger partial charge >= 0.3 is 0 Å². The van der Waals surface area contributed by atoms with Gasteiger partial charge in [0, 0.05) is 19.1 Å². The molecule has 0 aliphatic heterocycles. The minimum absolute atomic E-state index is 0.253. The summed E-state index contributed by atoms with van der Waals surface area (Å²) in [5, 5.41) is 17.9. The van der Waals surface area contributed by atoms with Crippen molar-refractivity contribution in [3.8, 4) is 0 Å². The molecule has 24 heavy (non-hydrogen) atoms. The summed E-state index contributed by atoms with van der Waals surface area (Å²) < 4.78 is 0. The summed E-state index contributed by atoms with van der Waals surface area (Å²) in [5.74, 6) is 0.439. The monoisotopic (exact) mass is 326 g/mol. The van der Waals surface area contributed by atoms with Crippen molar-refractivity contribution in [2.45, 2.75) is 51.4 Å². The first kappa shape index (κ1) is 18.7. The molecule has 2 heteroatoms. The van der Waals surface area contributed by atoms with E-state index >= 15 is 0 Å². The highest BCUT2D eigenvalue weighted by atomic mass is 16.3. The van der Waals surface area contributed by atoms with E-state index in [1.165, 1.54) is 22.3 Å². The van der Waals surface area contributed by atoms with E-state index in [2.05, 4.69) is 55.5 Å². The normalized spacial score (nSPS) is 11.2. The second-order valence-electron chi connectivity index (χ2n) is 6.48. The summed E-state index contributed by atoms with van der Waals surface area (Å²) in [6, 6.07) is 17.8. The summed E-state index contributed by atoms with van der Waals surface area (Å²) in [6.45, 7) is 2.74. The zero-order valence-corrected chi connectivity index (χ0v) is 14.7. The van der Waals surface area contributed by atoms with Crippen LogP contribution in [0.2, 0.25) is 0 Å². The number of hydrogen-bond acceptors (Lipinski definition) is 2. The molecule has 0 aliphatic carbocycles. The maximum Gasteiger partial charge on any atom is 0.0434 e. The number of aliphatic hydroxyl groups excluding tert-OH is 2. The van der Waals surface area contributed by atoms with Crippen LogP contribution in [0, 0.1) is 0 Å². The Bertz CT molecular complexity index is 520. The maximum atomic E-state index is 8.95. The van der Waals surface area contributed by atoms with Gasteiger partial charge in [-0.1, -0.05) is 61.9 Å². The molecule has 0 bridgehead atoms. The van der Waals surface area contributed by atoms with Gasteiger partial charge in [0.05, 0.1) is 0 Å². The molecule has 2 N–H and O–H groups in total. The SMILES string of the molecule is CCCC(c1ccc(CCCO)cc1)c1ccc(CCCO)cc1. The molecule has 0 unspecified atom stereocenters. The van der Waals surface area contributed by atoms with Gasteiger partial charge in [-0.3, -0.25) is 0 Å². The van der Waals surface area contributed by atoms with Crippen molar-refractivity contribution >= 4 is 0 Å². The lowest BCUT2D eigenvalue weighted by Crippen LogP contribution is -2.02. The summed E-state index contributed by atoms with van der Waals surface area (Å²) in [6.07, 6.45) is 5.83. The fourth-order valence-corrected chi connectivity index (χ4v) is 3.21. The van der Waals surface area contributed by atoms with Crippen molar-refractivity contribution in [2.24, 2.45) is 0 Å². The number of hydrogen-bond donors (Lipinski definition) is 2. The van der Waals surface area contributed by atoms with E-state index in [0.29, 0.717) is 5.92 Å². The van der Waals surface area contributed by atoms with E-state index in [-0.39, 0.29) is 13.2 Å². The largest absolute Gasteiger partial charge is 0.396 e. The van der Waals surface area contributed by atoms with Crippen LogP contribution in [-0.2, 0) is 12.8 Å². The molecule has 2 nitrogen and oxygen atoms in total. The first-order valence-electron chi connectivity index (χ1n) is 9.18. The van der Waals surface area contributed by atoms with E-state index in [0.717, 1.165) is 38.5 Å². The third-order valence-corrected chi connectivity index (χ3v) is 4.59. The van der Waals surface area contributed by atoms with Crippen LogP contribution in [-0.4, -0.2) is 23.4 Å². The number of aryl methyl sites for hydroxylation is 2. The molecule has 0 spiro atoms.